The summed E-state index contributed by atoms with van der Waals surface area (Å²) in [7, 11) is 0. The number of rotatable bonds is 5. The maximum absolute atomic E-state index is 14.3. The molecule has 4 amide bonds. The summed E-state index contributed by atoms with van der Waals surface area (Å²) in [5.41, 5.74) is -1.33. The zero-order chi connectivity index (χ0) is 22.2. The minimum Gasteiger partial charge on any atom is -0.326 e. The molecule has 0 aromatic heterocycles. The van der Waals surface area contributed by atoms with Crippen LogP contribution < -0.4 is 10.6 Å². The molecular formula is C20H16Cl2FN3O4. The Hall–Kier alpha value is -2.97. The summed E-state index contributed by atoms with van der Waals surface area (Å²) in [6, 6.07) is 7.16. The number of anilines is 1. The molecule has 10 heteroatoms. The van der Waals surface area contributed by atoms with E-state index < -0.39 is 41.5 Å². The molecule has 1 heterocycles. The van der Waals surface area contributed by atoms with Crippen LogP contribution >= 0.6 is 23.2 Å². The monoisotopic (exact) mass is 451 g/mol. The van der Waals surface area contributed by atoms with Crippen LogP contribution in [0.4, 0.5) is 14.9 Å². The van der Waals surface area contributed by atoms with Gasteiger partial charge in [-0.05, 0) is 37.3 Å². The second-order valence-corrected chi connectivity index (χ2v) is 7.71. The van der Waals surface area contributed by atoms with Crippen LogP contribution in [0.15, 0.2) is 36.4 Å². The van der Waals surface area contributed by atoms with E-state index in [2.05, 4.69) is 10.6 Å². The van der Waals surface area contributed by atoms with E-state index in [-0.39, 0.29) is 16.3 Å². The molecule has 3 rings (SSSR count). The molecule has 0 aliphatic carbocycles. The lowest BCUT2D eigenvalue weighted by atomic mass is 9.92. The highest BCUT2D eigenvalue weighted by atomic mass is 35.5. The zero-order valence-corrected chi connectivity index (χ0v) is 17.4. The SMILES string of the molecule is CC(=O)Nc1ccc(C(=O)CN2C(=O)N[C@](C)(c3ccc(Cl)cc3Cl)C2=O)c(F)c1. The maximum atomic E-state index is 14.3. The van der Waals surface area contributed by atoms with Gasteiger partial charge < -0.3 is 10.6 Å². The van der Waals surface area contributed by atoms with E-state index in [0.29, 0.717) is 15.5 Å². The van der Waals surface area contributed by atoms with Crippen LogP contribution in [0.5, 0.6) is 0 Å². The van der Waals surface area contributed by atoms with Crippen molar-refractivity contribution in [3.63, 3.8) is 0 Å². The number of nitrogens with one attached hydrogen (secondary N) is 2. The molecule has 156 valence electrons. The van der Waals surface area contributed by atoms with E-state index >= 15 is 0 Å². The van der Waals surface area contributed by atoms with Crippen LogP contribution in [0.25, 0.3) is 0 Å². The molecule has 2 aromatic rings. The Morgan fingerprint density at radius 1 is 1.17 bits per heavy atom. The quantitative estimate of drug-likeness (QED) is 0.534. The van der Waals surface area contributed by atoms with Crippen LogP contribution in [-0.4, -0.2) is 35.1 Å². The van der Waals surface area contributed by atoms with Gasteiger partial charge in [0.25, 0.3) is 5.91 Å². The molecule has 2 N–H and O–H groups in total. The van der Waals surface area contributed by atoms with Crippen molar-refractivity contribution in [3.05, 3.63) is 63.4 Å². The van der Waals surface area contributed by atoms with Crippen molar-refractivity contribution < 1.29 is 23.6 Å². The number of amides is 4. The van der Waals surface area contributed by atoms with Crippen molar-refractivity contribution in [1.82, 2.24) is 10.2 Å². The molecule has 0 saturated carbocycles. The lowest BCUT2D eigenvalue weighted by Crippen LogP contribution is -2.41. The van der Waals surface area contributed by atoms with Gasteiger partial charge in [-0.25, -0.2) is 9.18 Å². The van der Waals surface area contributed by atoms with Gasteiger partial charge in [-0.2, -0.15) is 0 Å². The van der Waals surface area contributed by atoms with E-state index in [1.165, 1.54) is 44.2 Å². The van der Waals surface area contributed by atoms with Crippen molar-refractivity contribution in [2.45, 2.75) is 19.4 Å². The first-order valence-corrected chi connectivity index (χ1v) is 9.48. The molecule has 1 aliphatic rings. The Labute approximate surface area is 181 Å². The predicted octanol–water partition coefficient (Wildman–Crippen LogP) is 3.74. The number of benzene rings is 2. The fraction of sp³-hybridized carbons (Fsp3) is 0.200. The van der Waals surface area contributed by atoms with Crippen LogP contribution in [-0.2, 0) is 15.1 Å². The average molecular weight is 452 g/mol. The maximum Gasteiger partial charge on any atom is 0.325 e. The van der Waals surface area contributed by atoms with Crippen LogP contribution in [0.3, 0.4) is 0 Å². The lowest BCUT2D eigenvalue weighted by molar-refractivity contribution is -0.130. The molecule has 1 atom stereocenters. The van der Waals surface area contributed by atoms with E-state index in [9.17, 15) is 23.6 Å². The fourth-order valence-corrected chi connectivity index (χ4v) is 3.77. The molecule has 0 spiro atoms. The highest BCUT2D eigenvalue weighted by Crippen LogP contribution is 2.35. The number of ketones is 1. The number of hydrogen-bond acceptors (Lipinski definition) is 4. The first-order chi connectivity index (χ1) is 14.0. The third-order valence-corrected chi connectivity index (χ3v) is 5.18. The summed E-state index contributed by atoms with van der Waals surface area (Å²) >= 11 is 12.1. The van der Waals surface area contributed by atoms with Crippen molar-refractivity contribution in [3.8, 4) is 0 Å². The highest BCUT2D eigenvalue weighted by molar-refractivity contribution is 6.35. The normalized spacial score (nSPS) is 18.4. The number of carbonyl (C=O) groups excluding carboxylic acids is 4. The number of halogens is 3. The molecule has 2 aromatic carbocycles. The van der Waals surface area contributed by atoms with Gasteiger partial charge in [0.2, 0.25) is 5.91 Å². The smallest absolute Gasteiger partial charge is 0.325 e. The van der Waals surface area contributed by atoms with E-state index in [1.54, 1.807) is 0 Å². The second kappa shape index (κ2) is 8.04. The number of carbonyl (C=O) groups is 4. The zero-order valence-electron chi connectivity index (χ0n) is 15.9. The van der Waals surface area contributed by atoms with Gasteiger partial charge in [0.1, 0.15) is 11.4 Å². The van der Waals surface area contributed by atoms with E-state index in [1.807, 2.05) is 0 Å². The third kappa shape index (κ3) is 4.01. The van der Waals surface area contributed by atoms with Gasteiger partial charge in [0.05, 0.1) is 12.1 Å². The van der Waals surface area contributed by atoms with Crippen LogP contribution in [0, 0.1) is 5.82 Å². The summed E-state index contributed by atoms with van der Waals surface area (Å²) in [6.45, 7) is 2.05. The Bertz CT molecular complexity index is 1090. The van der Waals surface area contributed by atoms with E-state index in [0.717, 1.165) is 6.07 Å². The van der Waals surface area contributed by atoms with Gasteiger partial charge in [0, 0.05) is 28.2 Å². The first kappa shape index (κ1) is 21.7. The Morgan fingerprint density at radius 2 is 1.87 bits per heavy atom. The van der Waals surface area contributed by atoms with Gasteiger partial charge in [-0.15, -0.1) is 0 Å². The van der Waals surface area contributed by atoms with Gasteiger partial charge in [0.15, 0.2) is 5.78 Å². The highest BCUT2D eigenvalue weighted by Gasteiger charge is 2.50. The number of hydrogen-bond donors (Lipinski definition) is 2. The molecule has 0 unspecified atom stereocenters. The van der Waals surface area contributed by atoms with Crippen molar-refractivity contribution in [2.24, 2.45) is 0 Å². The summed E-state index contributed by atoms with van der Waals surface area (Å²) < 4.78 is 14.3. The summed E-state index contributed by atoms with van der Waals surface area (Å²) in [4.78, 5) is 49.7. The third-order valence-electron chi connectivity index (χ3n) is 4.64. The van der Waals surface area contributed by atoms with Gasteiger partial charge in [-0.3, -0.25) is 19.3 Å². The number of nitrogens with zero attached hydrogens (tertiary/aromatic N) is 1. The molecule has 1 saturated heterocycles. The lowest BCUT2D eigenvalue weighted by Gasteiger charge is -2.23. The topological polar surface area (TPSA) is 95.6 Å². The minimum atomic E-state index is -1.51. The molecule has 1 fully saturated rings. The van der Waals surface area contributed by atoms with Crippen LogP contribution in [0.2, 0.25) is 10.0 Å². The molecule has 7 nitrogen and oxygen atoms in total. The Kier molecular flexibility index (Phi) is 5.83. The summed E-state index contributed by atoms with van der Waals surface area (Å²) in [6.07, 6.45) is 0. The Morgan fingerprint density at radius 3 is 2.47 bits per heavy atom. The van der Waals surface area contributed by atoms with Crippen LogP contribution in [0.1, 0.15) is 29.8 Å². The molecule has 0 radical (unpaired) electrons. The molecular weight excluding hydrogens is 436 g/mol. The average Bonchev–Trinajstić information content (AvgIpc) is 2.84. The standard InChI is InChI=1S/C20H16Cl2FN3O4/c1-10(27)24-12-4-5-13(16(23)8-12)17(28)9-26-18(29)20(2,25-19(26)30)14-6-3-11(21)7-15(14)22/h3-8H,9H2,1-2H3,(H,24,27)(H,25,30)/t20-/m1/s1. The predicted molar refractivity (Wildman–Crippen MR) is 109 cm³/mol. The fourth-order valence-electron chi connectivity index (χ4n) is 3.17. The largest absolute Gasteiger partial charge is 0.326 e. The number of urea groups is 1. The Balaban J connectivity index is 1.83. The van der Waals surface area contributed by atoms with E-state index in [4.69, 9.17) is 23.2 Å². The molecule has 1 aliphatic heterocycles. The molecule has 0 bridgehead atoms. The first-order valence-electron chi connectivity index (χ1n) is 8.73. The van der Waals surface area contributed by atoms with Gasteiger partial charge in [-0.1, -0.05) is 29.3 Å². The van der Waals surface area contributed by atoms with Crippen molar-refractivity contribution in [1.29, 1.82) is 0 Å². The second-order valence-electron chi connectivity index (χ2n) is 6.87. The summed E-state index contributed by atoms with van der Waals surface area (Å²) in [5, 5.41) is 5.45. The van der Waals surface area contributed by atoms with Crippen molar-refractivity contribution >= 4 is 52.5 Å². The number of imide groups is 1. The minimum absolute atomic E-state index is 0.173. The van der Waals surface area contributed by atoms with Crippen molar-refractivity contribution in [2.75, 3.05) is 11.9 Å². The number of Topliss-reactive ketones (excluding diaryl/α,β-unsaturated/α-hetero) is 1. The van der Waals surface area contributed by atoms with Gasteiger partial charge >= 0.3 is 6.03 Å². The summed E-state index contributed by atoms with van der Waals surface area (Å²) in [5.74, 6) is -2.77. The molecule has 30 heavy (non-hydrogen) atoms.